The Balaban J connectivity index is 1.93. The van der Waals surface area contributed by atoms with Gasteiger partial charge in [-0.2, -0.15) is 0 Å². The molecule has 1 aromatic rings. The van der Waals surface area contributed by atoms with Crippen molar-refractivity contribution in [1.29, 1.82) is 0 Å². The minimum atomic E-state index is 0.230. The van der Waals surface area contributed by atoms with Crippen LogP contribution in [0.15, 0.2) is 24.3 Å². The highest BCUT2D eigenvalue weighted by Crippen LogP contribution is 2.29. The lowest BCUT2D eigenvalue weighted by molar-refractivity contribution is 0.389. The van der Waals surface area contributed by atoms with Crippen LogP contribution in [0.4, 0.5) is 0 Å². The lowest BCUT2D eigenvalue weighted by Crippen LogP contribution is -2.38. The van der Waals surface area contributed by atoms with Crippen molar-refractivity contribution < 1.29 is 0 Å². The molecule has 0 amide bonds. The summed E-state index contributed by atoms with van der Waals surface area (Å²) < 4.78 is 0. The fraction of sp³-hybridized carbons (Fsp3) is 0.667. The Hall–Kier alpha value is -0.860. The normalized spacial score (nSPS) is 18.4. The van der Waals surface area contributed by atoms with Crippen LogP contribution < -0.4 is 11.3 Å². The molecule has 0 aromatic heterocycles. The summed E-state index contributed by atoms with van der Waals surface area (Å²) in [5, 5.41) is 0. The Morgan fingerprint density at radius 1 is 1.15 bits per heavy atom. The summed E-state index contributed by atoms with van der Waals surface area (Å²) in [6.07, 6.45) is 7.85. The highest BCUT2D eigenvalue weighted by atomic mass is 15.2. The number of rotatable bonds is 5. The van der Waals surface area contributed by atoms with Crippen LogP contribution in [0.1, 0.15) is 64.0 Å². The molecule has 2 nitrogen and oxygen atoms in total. The van der Waals surface area contributed by atoms with Gasteiger partial charge in [0.1, 0.15) is 0 Å². The third kappa shape index (κ3) is 4.32. The highest BCUT2D eigenvalue weighted by Gasteiger charge is 2.20. The van der Waals surface area contributed by atoms with Gasteiger partial charge in [-0.25, -0.2) is 0 Å². The highest BCUT2D eigenvalue weighted by molar-refractivity contribution is 5.28. The molecule has 1 saturated carbocycles. The maximum absolute atomic E-state index is 5.75. The molecule has 0 radical (unpaired) electrons. The molecule has 3 N–H and O–H groups in total. The second-order valence-corrected chi connectivity index (χ2v) is 7.40. The van der Waals surface area contributed by atoms with Crippen LogP contribution in [0, 0.1) is 5.92 Å². The van der Waals surface area contributed by atoms with E-state index in [9.17, 15) is 0 Å². The molecular weight excluding hydrogens is 244 g/mol. The van der Waals surface area contributed by atoms with Crippen molar-refractivity contribution in [3.63, 3.8) is 0 Å². The lowest BCUT2D eigenvalue weighted by atomic mass is 9.86. The Labute approximate surface area is 124 Å². The van der Waals surface area contributed by atoms with E-state index in [1.54, 1.807) is 0 Å². The molecule has 0 aliphatic heterocycles. The van der Waals surface area contributed by atoms with Gasteiger partial charge in [0.05, 0.1) is 0 Å². The van der Waals surface area contributed by atoms with Gasteiger partial charge in [0, 0.05) is 6.04 Å². The van der Waals surface area contributed by atoms with Gasteiger partial charge >= 0.3 is 0 Å². The van der Waals surface area contributed by atoms with E-state index in [1.165, 1.54) is 43.2 Å². The first-order chi connectivity index (χ1) is 9.49. The zero-order chi connectivity index (χ0) is 14.6. The van der Waals surface area contributed by atoms with Crippen molar-refractivity contribution in [2.75, 3.05) is 0 Å². The maximum Gasteiger partial charge on any atom is 0.0253 e. The first kappa shape index (κ1) is 15.5. The topological polar surface area (TPSA) is 38.0 Å². The van der Waals surface area contributed by atoms with E-state index < -0.39 is 0 Å². The molecule has 1 unspecified atom stereocenters. The monoisotopic (exact) mass is 274 g/mol. The average Bonchev–Trinajstić information content (AvgIpc) is 2.90. The molecular formula is C18H30N2. The Kier molecular flexibility index (Phi) is 5.22. The minimum Gasteiger partial charge on any atom is -0.271 e. The van der Waals surface area contributed by atoms with Gasteiger partial charge in [0.2, 0.25) is 0 Å². The molecule has 112 valence electrons. The second kappa shape index (κ2) is 6.73. The van der Waals surface area contributed by atoms with Crippen LogP contribution in [0.5, 0.6) is 0 Å². The standard InChI is InChI=1S/C18H30N2/c1-18(2,3)16-10-8-15(9-11-16)13-17(20-19)12-14-6-4-5-7-14/h8-11,14,17,20H,4-7,12-13,19H2,1-3H3. The first-order valence-corrected chi connectivity index (χ1v) is 8.04. The van der Waals surface area contributed by atoms with Crippen molar-refractivity contribution in [1.82, 2.24) is 5.43 Å². The van der Waals surface area contributed by atoms with Gasteiger partial charge < -0.3 is 0 Å². The quantitative estimate of drug-likeness (QED) is 0.630. The molecule has 0 spiro atoms. The van der Waals surface area contributed by atoms with E-state index in [2.05, 4.69) is 50.5 Å². The summed E-state index contributed by atoms with van der Waals surface area (Å²) in [6.45, 7) is 6.77. The number of hydrogen-bond donors (Lipinski definition) is 2. The number of nitrogens with one attached hydrogen (secondary N) is 1. The van der Waals surface area contributed by atoms with Crippen LogP contribution in [-0.2, 0) is 11.8 Å². The Bertz CT molecular complexity index is 396. The molecule has 1 aliphatic carbocycles. The van der Waals surface area contributed by atoms with E-state index >= 15 is 0 Å². The third-order valence-electron chi connectivity index (χ3n) is 4.63. The summed E-state index contributed by atoms with van der Waals surface area (Å²) in [7, 11) is 0. The van der Waals surface area contributed by atoms with E-state index in [0.29, 0.717) is 6.04 Å². The van der Waals surface area contributed by atoms with Gasteiger partial charge in [-0.3, -0.25) is 11.3 Å². The number of benzene rings is 1. The summed E-state index contributed by atoms with van der Waals surface area (Å²) in [5.41, 5.74) is 6.04. The van der Waals surface area contributed by atoms with Crippen LogP contribution in [0.25, 0.3) is 0 Å². The summed E-state index contributed by atoms with van der Waals surface area (Å²) in [5.74, 6) is 6.63. The van der Waals surface area contributed by atoms with Gasteiger partial charge in [0.15, 0.2) is 0 Å². The van der Waals surface area contributed by atoms with E-state index in [1.807, 2.05) is 0 Å². The van der Waals surface area contributed by atoms with Crippen molar-refractivity contribution >= 4 is 0 Å². The van der Waals surface area contributed by atoms with Gasteiger partial charge in [0.25, 0.3) is 0 Å². The van der Waals surface area contributed by atoms with Crippen molar-refractivity contribution in [2.45, 2.75) is 70.8 Å². The van der Waals surface area contributed by atoms with Crippen LogP contribution in [0.3, 0.4) is 0 Å². The molecule has 0 saturated heterocycles. The second-order valence-electron chi connectivity index (χ2n) is 7.40. The van der Waals surface area contributed by atoms with Gasteiger partial charge in [-0.05, 0) is 35.3 Å². The lowest BCUT2D eigenvalue weighted by Gasteiger charge is -2.22. The maximum atomic E-state index is 5.75. The van der Waals surface area contributed by atoms with Crippen LogP contribution in [-0.4, -0.2) is 6.04 Å². The summed E-state index contributed by atoms with van der Waals surface area (Å²) >= 11 is 0. The molecule has 1 aromatic carbocycles. The fourth-order valence-electron chi connectivity index (χ4n) is 3.28. The third-order valence-corrected chi connectivity index (χ3v) is 4.63. The van der Waals surface area contributed by atoms with Crippen LogP contribution >= 0.6 is 0 Å². The van der Waals surface area contributed by atoms with E-state index in [-0.39, 0.29) is 5.41 Å². The van der Waals surface area contributed by atoms with Crippen molar-refractivity contribution in [2.24, 2.45) is 11.8 Å². The number of hydrogen-bond acceptors (Lipinski definition) is 2. The van der Waals surface area contributed by atoms with Crippen molar-refractivity contribution in [3.05, 3.63) is 35.4 Å². The molecule has 1 fully saturated rings. The van der Waals surface area contributed by atoms with E-state index in [4.69, 9.17) is 5.84 Å². The SMILES string of the molecule is CC(C)(C)c1ccc(CC(CC2CCCC2)NN)cc1. The molecule has 1 atom stereocenters. The van der Waals surface area contributed by atoms with E-state index in [0.717, 1.165) is 12.3 Å². The van der Waals surface area contributed by atoms with Gasteiger partial charge in [-0.1, -0.05) is 70.7 Å². The first-order valence-electron chi connectivity index (χ1n) is 8.04. The van der Waals surface area contributed by atoms with Gasteiger partial charge in [-0.15, -0.1) is 0 Å². The zero-order valence-electron chi connectivity index (χ0n) is 13.3. The smallest absolute Gasteiger partial charge is 0.0253 e. The Morgan fingerprint density at radius 3 is 2.25 bits per heavy atom. The zero-order valence-corrected chi connectivity index (χ0v) is 13.3. The fourth-order valence-corrected chi connectivity index (χ4v) is 3.28. The predicted octanol–water partition coefficient (Wildman–Crippen LogP) is 3.94. The number of hydrazine groups is 1. The van der Waals surface area contributed by atoms with Crippen LogP contribution in [0.2, 0.25) is 0 Å². The number of nitrogens with two attached hydrogens (primary N) is 1. The summed E-state index contributed by atoms with van der Waals surface area (Å²) in [4.78, 5) is 0. The largest absolute Gasteiger partial charge is 0.271 e. The molecule has 20 heavy (non-hydrogen) atoms. The molecule has 2 heteroatoms. The molecule has 0 heterocycles. The molecule has 0 bridgehead atoms. The molecule has 2 rings (SSSR count). The molecule has 1 aliphatic rings. The minimum absolute atomic E-state index is 0.230. The Morgan fingerprint density at radius 2 is 1.75 bits per heavy atom. The predicted molar refractivity (Wildman–Crippen MR) is 86.5 cm³/mol. The average molecular weight is 274 g/mol. The van der Waals surface area contributed by atoms with Crippen molar-refractivity contribution in [3.8, 4) is 0 Å². The summed E-state index contributed by atoms with van der Waals surface area (Å²) in [6, 6.07) is 9.47.